The first-order valence-corrected chi connectivity index (χ1v) is 7.56. The molecule has 0 saturated heterocycles. The highest BCUT2D eigenvalue weighted by Gasteiger charge is 2.12. The Morgan fingerprint density at radius 1 is 1.05 bits per heavy atom. The third kappa shape index (κ3) is 3.45. The lowest BCUT2D eigenvalue weighted by Crippen LogP contribution is -2.20. The first-order valence-electron chi connectivity index (χ1n) is 6.07. The van der Waals surface area contributed by atoms with E-state index in [1.165, 1.54) is 0 Å². The molecule has 5 heteroatoms. The summed E-state index contributed by atoms with van der Waals surface area (Å²) in [6.07, 6.45) is 0. The Hall–Kier alpha value is -2.14. The van der Waals surface area contributed by atoms with Gasteiger partial charge in [0.25, 0.3) is 0 Å². The molecule has 20 heavy (non-hydrogen) atoms. The van der Waals surface area contributed by atoms with E-state index in [0.717, 1.165) is 11.1 Å². The zero-order valence-corrected chi connectivity index (χ0v) is 11.6. The minimum absolute atomic E-state index is 0.158. The fraction of sp³-hybridized carbons (Fsp3) is 0.133. The molecule has 0 aliphatic carbocycles. The number of primary amides is 1. The zero-order valence-electron chi connectivity index (χ0n) is 10.8. The highest BCUT2D eigenvalue weighted by Crippen LogP contribution is 2.31. The van der Waals surface area contributed by atoms with Crippen LogP contribution in [0.3, 0.4) is 0 Å². The third-order valence-corrected chi connectivity index (χ3v) is 4.07. The van der Waals surface area contributed by atoms with Gasteiger partial charge in [0.2, 0.25) is 5.91 Å². The second-order valence-electron chi connectivity index (χ2n) is 4.37. The van der Waals surface area contributed by atoms with Crippen LogP contribution in [0.25, 0.3) is 11.1 Å². The van der Waals surface area contributed by atoms with E-state index >= 15 is 0 Å². The molecule has 2 aromatic carbocycles. The van der Waals surface area contributed by atoms with E-state index in [2.05, 4.69) is 0 Å². The number of amides is 1. The fourth-order valence-electron chi connectivity index (χ4n) is 1.99. The Bertz CT molecular complexity index is 655. The van der Waals surface area contributed by atoms with E-state index in [0.29, 0.717) is 5.56 Å². The van der Waals surface area contributed by atoms with Gasteiger partial charge in [0.15, 0.2) is 0 Å². The number of carbonyl (C=O) groups is 1. The maximum Gasteiger partial charge on any atom is 0.230 e. The SMILES string of the molecule is NC(=O)C[S@](=O)Cc1ccccc1-c1ccccc1O. The van der Waals surface area contributed by atoms with E-state index in [-0.39, 0.29) is 17.3 Å². The molecule has 1 amide bonds. The van der Waals surface area contributed by atoms with Crippen molar-refractivity contribution >= 4 is 16.7 Å². The second-order valence-corrected chi connectivity index (χ2v) is 5.83. The van der Waals surface area contributed by atoms with Gasteiger partial charge in [-0.1, -0.05) is 42.5 Å². The van der Waals surface area contributed by atoms with E-state index < -0.39 is 16.7 Å². The molecule has 0 aliphatic rings. The lowest BCUT2D eigenvalue weighted by molar-refractivity contribution is -0.115. The highest BCUT2D eigenvalue weighted by molar-refractivity contribution is 7.84. The molecular formula is C15H15NO3S. The number of benzene rings is 2. The van der Waals surface area contributed by atoms with Crippen molar-refractivity contribution in [1.82, 2.24) is 0 Å². The van der Waals surface area contributed by atoms with E-state index in [4.69, 9.17) is 5.73 Å². The minimum Gasteiger partial charge on any atom is -0.507 e. The Morgan fingerprint density at radius 2 is 1.65 bits per heavy atom. The number of carbonyl (C=O) groups excluding carboxylic acids is 1. The van der Waals surface area contributed by atoms with Crippen molar-refractivity contribution in [2.24, 2.45) is 5.73 Å². The quantitative estimate of drug-likeness (QED) is 0.880. The number of aromatic hydroxyl groups is 1. The molecular weight excluding hydrogens is 274 g/mol. The number of para-hydroxylation sites is 1. The molecule has 3 N–H and O–H groups in total. The number of nitrogens with two attached hydrogens (primary N) is 1. The topological polar surface area (TPSA) is 80.4 Å². The van der Waals surface area contributed by atoms with Crippen LogP contribution < -0.4 is 5.73 Å². The molecule has 0 bridgehead atoms. The average molecular weight is 289 g/mol. The third-order valence-electron chi connectivity index (χ3n) is 2.83. The molecule has 0 unspecified atom stereocenters. The van der Waals surface area contributed by atoms with Gasteiger partial charge in [0, 0.05) is 22.1 Å². The van der Waals surface area contributed by atoms with Crippen LogP contribution in [0, 0.1) is 0 Å². The van der Waals surface area contributed by atoms with Crippen LogP contribution in [0.2, 0.25) is 0 Å². The lowest BCUT2D eigenvalue weighted by atomic mass is 10.00. The Labute approximate surface area is 119 Å². The lowest BCUT2D eigenvalue weighted by Gasteiger charge is -2.10. The first kappa shape index (κ1) is 14.3. The number of phenols is 1. The van der Waals surface area contributed by atoms with Crippen LogP contribution in [-0.2, 0) is 21.3 Å². The fourth-order valence-corrected chi connectivity index (χ4v) is 3.01. The number of rotatable bonds is 5. The van der Waals surface area contributed by atoms with Crippen LogP contribution >= 0.6 is 0 Å². The van der Waals surface area contributed by atoms with E-state index in [1.807, 2.05) is 30.3 Å². The van der Waals surface area contributed by atoms with Gasteiger partial charge in [-0.2, -0.15) is 0 Å². The van der Waals surface area contributed by atoms with Crippen molar-refractivity contribution in [3.05, 3.63) is 54.1 Å². The average Bonchev–Trinajstić information content (AvgIpc) is 2.39. The maximum absolute atomic E-state index is 11.8. The summed E-state index contributed by atoms with van der Waals surface area (Å²) in [5.41, 5.74) is 7.35. The predicted octanol–water partition coefficient (Wildman–Crippen LogP) is 1.79. The molecule has 0 aliphatic heterocycles. The molecule has 0 heterocycles. The van der Waals surface area contributed by atoms with Crippen LogP contribution in [-0.4, -0.2) is 21.0 Å². The molecule has 1 atom stereocenters. The normalized spacial score (nSPS) is 12.0. The van der Waals surface area contributed by atoms with Crippen molar-refractivity contribution in [1.29, 1.82) is 0 Å². The van der Waals surface area contributed by atoms with Crippen molar-refractivity contribution in [3.8, 4) is 16.9 Å². The standard InChI is InChI=1S/C15H15NO3S/c16-15(18)10-20(19)9-11-5-1-2-6-12(11)13-7-3-4-8-14(13)17/h1-8,17H,9-10H2,(H2,16,18)/t20-/m1/s1. The van der Waals surface area contributed by atoms with Gasteiger partial charge in [0.1, 0.15) is 11.5 Å². The molecule has 0 fully saturated rings. The minimum atomic E-state index is -1.35. The molecule has 0 radical (unpaired) electrons. The molecule has 0 aromatic heterocycles. The molecule has 4 nitrogen and oxygen atoms in total. The molecule has 2 aromatic rings. The van der Waals surface area contributed by atoms with Gasteiger partial charge < -0.3 is 10.8 Å². The van der Waals surface area contributed by atoms with E-state index in [9.17, 15) is 14.1 Å². The molecule has 2 rings (SSSR count). The molecule has 0 saturated carbocycles. The van der Waals surface area contributed by atoms with Crippen LogP contribution in [0.4, 0.5) is 0 Å². The van der Waals surface area contributed by atoms with Crippen LogP contribution in [0.15, 0.2) is 48.5 Å². The van der Waals surface area contributed by atoms with Crippen LogP contribution in [0.5, 0.6) is 5.75 Å². The number of hydrogen-bond donors (Lipinski definition) is 2. The van der Waals surface area contributed by atoms with Gasteiger partial charge in [-0.15, -0.1) is 0 Å². The van der Waals surface area contributed by atoms with Crippen molar-refractivity contribution in [2.75, 3.05) is 5.75 Å². The van der Waals surface area contributed by atoms with Crippen molar-refractivity contribution in [2.45, 2.75) is 5.75 Å². The first-order chi connectivity index (χ1) is 9.58. The summed E-state index contributed by atoms with van der Waals surface area (Å²) in [7, 11) is -1.35. The van der Waals surface area contributed by atoms with Crippen molar-refractivity contribution in [3.63, 3.8) is 0 Å². The summed E-state index contributed by atoms with van der Waals surface area (Å²) in [5.74, 6) is -0.341. The van der Waals surface area contributed by atoms with Crippen molar-refractivity contribution < 1.29 is 14.1 Å². The summed E-state index contributed by atoms with van der Waals surface area (Å²) < 4.78 is 11.8. The van der Waals surface area contributed by atoms with E-state index in [1.54, 1.807) is 18.2 Å². The largest absolute Gasteiger partial charge is 0.507 e. The second kappa shape index (κ2) is 6.34. The summed E-state index contributed by atoms with van der Waals surface area (Å²) in [5, 5.41) is 9.92. The Morgan fingerprint density at radius 3 is 2.30 bits per heavy atom. The Balaban J connectivity index is 2.34. The summed E-state index contributed by atoms with van der Waals surface area (Å²) in [4.78, 5) is 10.8. The van der Waals surface area contributed by atoms with Gasteiger partial charge in [-0.3, -0.25) is 9.00 Å². The number of phenolic OH excluding ortho intramolecular Hbond substituents is 1. The Kier molecular flexibility index (Phi) is 4.53. The zero-order chi connectivity index (χ0) is 14.5. The van der Waals surface area contributed by atoms with Gasteiger partial charge in [-0.25, -0.2) is 0 Å². The molecule has 0 spiro atoms. The summed E-state index contributed by atoms with van der Waals surface area (Å²) >= 11 is 0. The van der Waals surface area contributed by atoms with Gasteiger partial charge >= 0.3 is 0 Å². The summed E-state index contributed by atoms with van der Waals surface area (Å²) in [6.45, 7) is 0. The smallest absolute Gasteiger partial charge is 0.230 e. The summed E-state index contributed by atoms with van der Waals surface area (Å²) in [6, 6.07) is 14.3. The maximum atomic E-state index is 11.8. The molecule has 104 valence electrons. The van der Waals surface area contributed by atoms with Gasteiger partial charge in [0.05, 0.1) is 0 Å². The van der Waals surface area contributed by atoms with Gasteiger partial charge in [-0.05, 0) is 17.2 Å². The number of hydrogen-bond acceptors (Lipinski definition) is 3. The highest BCUT2D eigenvalue weighted by atomic mass is 32.2. The predicted molar refractivity (Wildman–Crippen MR) is 79.5 cm³/mol. The monoisotopic (exact) mass is 289 g/mol. The van der Waals surface area contributed by atoms with Crippen LogP contribution in [0.1, 0.15) is 5.56 Å².